The van der Waals surface area contributed by atoms with E-state index in [0.717, 1.165) is 16.5 Å². The van der Waals surface area contributed by atoms with Crippen molar-refractivity contribution in [2.75, 3.05) is 0 Å². The van der Waals surface area contributed by atoms with E-state index in [2.05, 4.69) is 10.1 Å². The molecule has 0 amide bonds. The molecule has 5 nitrogen and oxygen atoms in total. The molecule has 0 unspecified atom stereocenters. The van der Waals surface area contributed by atoms with Crippen molar-refractivity contribution in [3.63, 3.8) is 0 Å². The Kier molecular flexibility index (Phi) is 2.52. The Morgan fingerprint density at radius 3 is 2.79 bits per heavy atom. The van der Waals surface area contributed by atoms with E-state index in [1.807, 2.05) is 43.5 Å². The smallest absolute Gasteiger partial charge is 0.164 e. The van der Waals surface area contributed by atoms with Gasteiger partial charge >= 0.3 is 0 Å². The number of aromatic nitrogens is 3. The molecule has 2 aromatic heterocycles. The highest BCUT2D eigenvalue weighted by Crippen LogP contribution is 2.19. The Hall–Kier alpha value is -2.69. The van der Waals surface area contributed by atoms with E-state index >= 15 is 0 Å². The number of para-hydroxylation sites is 1. The summed E-state index contributed by atoms with van der Waals surface area (Å²) >= 11 is 0. The maximum Gasteiger partial charge on any atom is 0.164 e. The van der Waals surface area contributed by atoms with E-state index < -0.39 is 0 Å². The molecule has 3 rings (SSSR count). The van der Waals surface area contributed by atoms with Crippen LogP contribution in [0.2, 0.25) is 0 Å². The second kappa shape index (κ2) is 4.20. The van der Waals surface area contributed by atoms with Crippen LogP contribution in [0.15, 0.2) is 42.7 Å². The molecule has 94 valence electrons. The summed E-state index contributed by atoms with van der Waals surface area (Å²) in [5.74, 6) is 0.570. The van der Waals surface area contributed by atoms with Crippen LogP contribution in [-0.4, -0.2) is 20.6 Å². The van der Waals surface area contributed by atoms with Crippen LogP contribution in [0.4, 0.5) is 0 Å². The van der Waals surface area contributed by atoms with Gasteiger partial charge in [-0.2, -0.15) is 5.10 Å². The summed E-state index contributed by atoms with van der Waals surface area (Å²) in [7, 11) is 0. The minimum Gasteiger partial charge on any atom is -0.384 e. The average molecular weight is 251 g/mol. The van der Waals surface area contributed by atoms with Crippen molar-refractivity contribution in [2.24, 2.45) is 5.73 Å². The highest BCUT2D eigenvalue weighted by molar-refractivity contribution is 6.01. The molecule has 0 fully saturated rings. The normalized spacial score (nSPS) is 10.8. The van der Waals surface area contributed by atoms with Crippen LogP contribution in [0.3, 0.4) is 0 Å². The largest absolute Gasteiger partial charge is 0.384 e. The van der Waals surface area contributed by atoms with Crippen LogP contribution in [0.5, 0.6) is 0 Å². The van der Waals surface area contributed by atoms with Gasteiger partial charge in [0.1, 0.15) is 5.84 Å². The van der Waals surface area contributed by atoms with Gasteiger partial charge in [0, 0.05) is 11.6 Å². The van der Waals surface area contributed by atoms with Gasteiger partial charge in [0.2, 0.25) is 0 Å². The highest BCUT2D eigenvalue weighted by atomic mass is 15.3. The number of rotatable bonds is 2. The number of nitrogen functional groups attached to an aromatic ring is 1. The minimum atomic E-state index is -0.0126. The first-order chi connectivity index (χ1) is 9.15. The van der Waals surface area contributed by atoms with Gasteiger partial charge in [-0.3, -0.25) is 5.41 Å². The molecular formula is C14H13N5. The number of hydrogen-bond donors (Lipinski definition) is 2. The molecule has 0 aliphatic heterocycles. The van der Waals surface area contributed by atoms with Gasteiger partial charge in [-0.25, -0.2) is 9.67 Å². The van der Waals surface area contributed by atoms with Gasteiger partial charge in [-0.15, -0.1) is 0 Å². The Labute approximate surface area is 110 Å². The molecule has 0 spiro atoms. The van der Waals surface area contributed by atoms with E-state index in [9.17, 15) is 0 Å². The Morgan fingerprint density at radius 1 is 1.32 bits per heavy atom. The summed E-state index contributed by atoms with van der Waals surface area (Å²) in [4.78, 5) is 4.56. The maximum absolute atomic E-state index is 7.70. The van der Waals surface area contributed by atoms with Crippen LogP contribution in [-0.2, 0) is 0 Å². The van der Waals surface area contributed by atoms with Crippen molar-refractivity contribution in [1.29, 1.82) is 5.41 Å². The molecule has 0 atom stereocenters. The lowest BCUT2D eigenvalue weighted by Crippen LogP contribution is -2.16. The van der Waals surface area contributed by atoms with Gasteiger partial charge in [-0.05, 0) is 24.6 Å². The maximum atomic E-state index is 7.70. The lowest BCUT2D eigenvalue weighted by molar-refractivity contribution is 0.849. The molecule has 0 bridgehead atoms. The summed E-state index contributed by atoms with van der Waals surface area (Å²) in [5, 5.41) is 12.9. The Morgan fingerprint density at radius 2 is 2.11 bits per heavy atom. The van der Waals surface area contributed by atoms with Crippen molar-refractivity contribution < 1.29 is 0 Å². The third-order valence-corrected chi connectivity index (χ3v) is 2.92. The number of fused-ring (bicyclic) bond motifs is 1. The number of amidine groups is 1. The summed E-state index contributed by atoms with van der Waals surface area (Å²) in [5.41, 5.74) is 8.13. The molecule has 1 aromatic carbocycles. The van der Waals surface area contributed by atoms with Gasteiger partial charge in [-0.1, -0.05) is 18.2 Å². The molecule has 2 heterocycles. The van der Waals surface area contributed by atoms with E-state index in [-0.39, 0.29) is 5.84 Å². The number of nitrogens with one attached hydrogen (secondary N) is 1. The molecule has 3 N–H and O–H groups in total. The number of hydrogen-bond acceptors (Lipinski definition) is 3. The van der Waals surface area contributed by atoms with Crippen LogP contribution in [0, 0.1) is 12.3 Å². The summed E-state index contributed by atoms with van der Waals surface area (Å²) in [6, 6.07) is 9.62. The van der Waals surface area contributed by atoms with Crippen molar-refractivity contribution >= 4 is 16.7 Å². The van der Waals surface area contributed by atoms with Crippen molar-refractivity contribution in [3.8, 4) is 5.82 Å². The van der Waals surface area contributed by atoms with Crippen molar-refractivity contribution in [2.45, 2.75) is 6.92 Å². The molecule has 0 aliphatic rings. The van der Waals surface area contributed by atoms with Crippen LogP contribution in [0.1, 0.15) is 11.1 Å². The quantitative estimate of drug-likeness (QED) is 0.540. The average Bonchev–Trinajstić information content (AvgIpc) is 2.83. The molecule has 3 aromatic rings. The monoisotopic (exact) mass is 251 g/mol. The van der Waals surface area contributed by atoms with Crippen LogP contribution < -0.4 is 5.73 Å². The zero-order valence-corrected chi connectivity index (χ0v) is 10.5. The minimum absolute atomic E-state index is 0.0126. The topological polar surface area (TPSA) is 80.6 Å². The summed E-state index contributed by atoms with van der Waals surface area (Å²) in [6.45, 7) is 1.96. The SMILES string of the molecule is Cc1cnn(-c2nc3ccccc3cc2C(=N)N)c1. The molecule has 0 aliphatic carbocycles. The fourth-order valence-corrected chi connectivity index (χ4v) is 2.01. The lowest BCUT2D eigenvalue weighted by atomic mass is 10.1. The molecular weight excluding hydrogens is 238 g/mol. The van der Waals surface area contributed by atoms with E-state index in [0.29, 0.717) is 11.4 Å². The number of benzene rings is 1. The highest BCUT2D eigenvalue weighted by Gasteiger charge is 2.11. The van der Waals surface area contributed by atoms with Crippen LogP contribution in [0.25, 0.3) is 16.7 Å². The molecule has 5 heteroatoms. The standard InChI is InChI=1S/C14H13N5/c1-9-7-17-19(8-9)14-11(13(15)16)6-10-4-2-3-5-12(10)18-14/h2-8H,1H3,(H3,15,16). The fraction of sp³-hybridized carbons (Fsp3) is 0.0714. The van der Waals surface area contributed by atoms with Gasteiger partial charge in [0.25, 0.3) is 0 Å². The zero-order chi connectivity index (χ0) is 13.4. The second-order valence-electron chi connectivity index (χ2n) is 4.43. The first-order valence-electron chi connectivity index (χ1n) is 5.91. The number of nitrogens with two attached hydrogens (primary N) is 1. The molecule has 19 heavy (non-hydrogen) atoms. The molecule has 0 radical (unpaired) electrons. The third kappa shape index (κ3) is 1.95. The predicted octanol–water partition coefficient (Wildman–Crippen LogP) is 2.01. The summed E-state index contributed by atoms with van der Waals surface area (Å²) < 4.78 is 1.65. The lowest BCUT2D eigenvalue weighted by Gasteiger charge is -2.09. The Bertz CT molecular complexity index is 772. The summed E-state index contributed by atoms with van der Waals surface area (Å²) in [6.07, 6.45) is 3.62. The first-order valence-corrected chi connectivity index (χ1v) is 5.91. The fourth-order valence-electron chi connectivity index (χ4n) is 2.01. The van der Waals surface area contributed by atoms with Crippen molar-refractivity contribution in [3.05, 3.63) is 53.9 Å². The Balaban J connectivity index is 2.32. The first kappa shape index (κ1) is 11.4. The van der Waals surface area contributed by atoms with Gasteiger partial charge in [0.15, 0.2) is 5.82 Å². The van der Waals surface area contributed by atoms with E-state index in [1.54, 1.807) is 10.9 Å². The van der Waals surface area contributed by atoms with Crippen LogP contribution >= 0.6 is 0 Å². The number of pyridine rings is 1. The van der Waals surface area contributed by atoms with Gasteiger partial charge in [0.05, 0.1) is 17.3 Å². The molecule has 0 saturated carbocycles. The predicted molar refractivity (Wildman–Crippen MR) is 74.6 cm³/mol. The second-order valence-corrected chi connectivity index (χ2v) is 4.43. The van der Waals surface area contributed by atoms with E-state index in [4.69, 9.17) is 11.1 Å². The van der Waals surface area contributed by atoms with Crippen molar-refractivity contribution in [1.82, 2.24) is 14.8 Å². The third-order valence-electron chi connectivity index (χ3n) is 2.92. The number of nitrogens with zero attached hydrogens (tertiary/aromatic N) is 3. The zero-order valence-electron chi connectivity index (χ0n) is 10.5. The number of aryl methyl sites for hydroxylation is 1. The molecule has 0 saturated heterocycles. The van der Waals surface area contributed by atoms with E-state index in [1.165, 1.54) is 0 Å². The van der Waals surface area contributed by atoms with Gasteiger partial charge < -0.3 is 5.73 Å².